The minimum Gasteiger partial charge on any atom is -0.381 e. The molecular weight excluding hydrogens is 408 g/mol. The van der Waals surface area contributed by atoms with Gasteiger partial charge >= 0.3 is 0 Å². The number of amides is 3. The number of hydrogen-bond donors (Lipinski definition) is 3. The van der Waals surface area contributed by atoms with Crippen LogP contribution in [0.15, 0.2) is 36.5 Å². The van der Waals surface area contributed by atoms with Gasteiger partial charge in [-0.05, 0) is 23.6 Å². The van der Waals surface area contributed by atoms with Crippen molar-refractivity contribution < 1.29 is 14.4 Å². The molecular formula is C23H26N6O3. The molecule has 0 aliphatic carbocycles. The number of piperidine rings is 1. The normalized spacial score (nSPS) is 20.9. The molecule has 3 amide bonds. The first-order valence-corrected chi connectivity index (χ1v) is 11.0. The molecule has 0 radical (unpaired) electrons. The molecule has 1 aromatic carbocycles. The van der Waals surface area contributed by atoms with Crippen LogP contribution in [0.5, 0.6) is 0 Å². The van der Waals surface area contributed by atoms with Crippen molar-refractivity contribution in [3.8, 4) is 0 Å². The Balaban J connectivity index is 1.31. The molecule has 1 aromatic heterocycles. The van der Waals surface area contributed by atoms with Gasteiger partial charge < -0.3 is 20.4 Å². The molecule has 9 heteroatoms. The Labute approximate surface area is 186 Å². The van der Waals surface area contributed by atoms with E-state index >= 15 is 0 Å². The maximum Gasteiger partial charge on any atom is 0.255 e. The highest BCUT2D eigenvalue weighted by molar-refractivity contribution is 6.06. The van der Waals surface area contributed by atoms with Crippen LogP contribution in [0.25, 0.3) is 0 Å². The van der Waals surface area contributed by atoms with Crippen LogP contribution < -0.4 is 20.9 Å². The number of rotatable bonds is 5. The summed E-state index contributed by atoms with van der Waals surface area (Å²) in [5.74, 6) is 0.121. The number of nitrogens with zero attached hydrogens (tertiary/aromatic N) is 3. The molecule has 4 heterocycles. The van der Waals surface area contributed by atoms with Gasteiger partial charge in [-0.25, -0.2) is 4.98 Å². The highest BCUT2D eigenvalue weighted by Gasteiger charge is 2.39. The van der Waals surface area contributed by atoms with Gasteiger partial charge in [-0.15, -0.1) is 0 Å². The number of benzene rings is 1. The van der Waals surface area contributed by atoms with Crippen molar-refractivity contribution in [3.05, 3.63) is 53.2 Å². The Morgan fingerprint density at radius 1 is 1.12 bits per heavy atom. The van der Waals surface area contributed by atoms with E-state index in [0.717, 1.165) is 48.8 Å². The predicted molar refractivity (Wildman–Crippen MR) is 119 cm³/mol. The SMILES string of the molecule is O=C1CCC(N2Cc3cccc(CNc4ccnc(N5CCNCC5)c4)c3C2=O)C(=O)N1. The van der Waals surface area contributed by atoms with E-state index in [-0.39, 0.29) is 24.1 Å². The number of nitrogens with one attached hydrogen (secondary N) is 3. The molecule has 0 spiro atoms. The summed E-state index contributed by atoms with van der Waals surface area (Å²) >= 11 is 0. The smallest absolute Gasteiger partial charge is 0.255 e. The minimum atomic E-state index is -0.602. The first-order chi connectivity index (χ1) is 15.6. The second-order valence-corrected chi connectivity index (χ2v) is 8.34. The lowest BCUT2D eigenvalue weighted by atomic mass is 10.0. The zero-order valence-corrected chi connectivity index (χ0v) is 17.8. The van der Waals surface area contributed by atoms with Crippen molar-refractivity contribution in [1.29, 1.82) is 0 Å². The fourth-order valence-electron chi connectivity index (χ4n) is 4.63. The summed E-state index contributed by atoms with van der Waals surface area (Å²) in [4.78, 5) is 45.3. The summed E-state index contributed by atoms with van der Waals surface area (Å²) in [6.45, 7) is 4.61. The van der Waals surface area contributed by atoms with E-state index in [1.807, 2.05) is 30.3 Å². The Bertz CT molecular complexity index is 1070. The first kappa shape index (κ1) is 20.4. The van der Waals surface area contributed by atoms with Crippen LogP contribution in [-0.4, -0.2) is 59.8 Å². The molecule has 5 rings (SSSR count). The maximum atomic E-state index is 13.2. The van der Waals surface area contributed by atoms with E-state index in [4.69, 9.17) is 0 Å². The Kier molecular flexibility index (Phi) is 5.48. The Morgan fingerprint density at radius 2 is 1.97 bits per heavy atom. The molecule has 166 valence electrons. The zero-order chi connectivity index (χ0) is 22.1. The van der Waals surface area contributed by atoms with Crippen LogP contribution in [0.3, 0.4) is 0 Å². The average molecular weight is 435 g/mol. The van der Waals surface area contributed by atoms with E-state index in [2.05, 4.69) is 25.8 Å². The summed E-state index contributed by atoms with van der Waals surface area (Å²) in [5.41, 5.74) is 3.40. The highest BCUT2D eigenvalue weighted by Crippen LogP contribution is 2.30. The van der Waals surface area contributed by atoms with Gasteiger partial charge in [-0.2, -0.15) is 0 Å². The highest BCUT2D eigenvalue weighted by atomic mass is 16.2. The average Bonchev–Trinajstić information content (AvgIpc) is 3.15. The molecule has 0 bridgehead atoms. The third-order valence-electron chi connectivity index (χ3n) is 6.31. The monoisotopic (exact) mass is 434 g/mol. The van der Waals surface area contributed by atoms with Crippen molar-refractivity contribution in [1.82, 2.24) is 20.5 Å². The molecule has 2 fully saturated rings. The largest absolute Gasteiger partial charge is 0.381 e. The topological polar surface area (TPSA) is 107 Å². The predicted octanol–water partition coefficient (Wildman–Crippen LogP) is 0.864. The van der Waals surface area contributed by atoms with E-state index < -0.39 is 6.04 Å². The molecule has 0 saturated carbocycles. The quantitative estimate of drug-likeness (QED) is 0.600. The Hall–Kier alpha value is -3.46. The lowest BCUT2D eigenvalue weighted by Crippen LogP contribution is -2.52. The molecule has 2 saturated heterocycles. The number of piperazine rings is 1. The third-order valence-corrected chi connectivity index (χ3v) is 6.31. The number of pyridine rings is 1. The van der Waals surface area contributed by atoms with Gasteiger partial charge in [0.15, 0.2) is 0 Å². The lowest BCUT2D eigenvalue weighted by molar-refractivity contribution is -0.136. The van der Waals surface area contributed by atoms with Crippen molar-refractivity contribution >= 4 is 29.2 Å². The molecule has 3 aliphatic heterocycles. The summed E-state index contributed by atoms with van der Waals surface area (Å²) in [5, 5.41) is 9.12. The van der Waals surface area contributed by atoms with Gasteiger partial charge in [0, 0.05) is 69.2 Å². The van der Waals surface area contributed by atoms with E-state index in [1.54, 1.807) is 11.1 Å². The maximum absolute atomic E-state index is 13.2. The molecule has 3 aliphatic rings. The van der Waals surface area contributed by atoms with Crippen LogP contribution in [-0.2, 0) is 22.7 Å². The Morgan fingerprint density at radius 3 is 2.78 bits per heavy atom. The van der Waals surface area contributed by atoms with Gasteiger partial charge in [-0.3, -0.25) is 19.7 Å². The number of carbonyl (C=O) groups is 3. The standard InChI is InChI=1S/C23H26N6O3/c30-20-5-4-18(22(31)27-20)29-14-16-3-1-2-15(21(16)23(29)32)13-26-17-6-7-25-19(12-17)28-10-8-24-9-11-28/h1-3,6-7,12,18,24H,4-5,8-11,13-14H2,(H,25,26)(H,27,30,31). The summed E-state index contributed by atoms with van der Waals surface area (Å²) in [7, 11) is 0. The third kappa shape index (κ3) is 3.91. The summed E-state index contributed by atoms with van der Waals surface area (Å²) in [6, 6.07) is 9.16. The number of fused-ring (bicyclic) bond motifs is 1. The number of imide groups is 1. The summed E-state index contributed by atoms with van der Waals surface area (Å²) in [6.07, 6.45) is 2.41. The molecule has 3 N–H and O–H groups in total. The second-order valence-electron chi connectivity index (χ2n) is 8.34. The van der Waals surface area contributed by atoms with Crippen LogP contribution >= 0.6 is 0 Å². The minimum absolute atomic E-state index is 0.150. The van der Waals surface area contributed by atoms with Crippen molar-refractivity contribution in [3.63, 3.8) is 0 Å². The van der Waals surface area contributed by atoms with Crippen LogP contribution in [0.2, 0.25) is 0 Å². The van der Waals surface area contributed by atoms with Crippen LogP contribution in [0, 0.1) is 0 Å². The number of carbonyl (C=O) groups excluding carboxylic acids is 3. The van der Waals surface area contributed by atoms with Crippen LogP contribution in [0.4, 0.5) is 11.5 Å². The van der Waals surface area contributed by atoms with E-state index in [9.17, 15) is 14.4 Å². The second kappa shape index (κ2) is 8.58. The van der Waals surface area contributed by atoms with Gasteiger partial charge in [0.25, 0.3) is 5.91 Å². The molecule has 2 aromatic rings. The van der Waals surface area contributed by atoms with E-state index in [0.29, 0.717) is 25.1 Å². The lowest BCUT2D eigenvalue weighted by Gasteiger charge is -2.29. The number of hydrogen-bond acceptors (Lipinski definition) is 7. The van der Waals surface area contributed by atoms with Gasteiger partial charge in [-0.1, -0.05) is 18.2 Å². The fraction of sp³-hybridized carbons (Fsp3) is 0.391. The van der Waals surface area contributed by atoms with Crippen molar-refractivity contribution in [2.24, 2.45) is 0 Å². The van der Waals surface area contributed by atoms with Gasteiger partial charge in [0.2, 0.25) is 11.8 Å². The molecule has 1 atom stereocenters. The van der Waals surface area contributed by atoms with Gasteiger partial charge in [0.05, 0.1) is 0 Å². The van der Waals surface area contributed by atoms with Crippen molar-refractivity contribution in [2.75, 3.05) is 36.4 Å². The molecule has 1 unspecified atom stereocenters. The fourth-order valence-corrected chi connectivity index (χ4v) is 4.63. The molecule has 32 heavy (non-hydrogen) atoms. The molecule has 9 nitrogen and oxygen atoms in total. The number of aromatic nitrogens is 1. The first-order valence-electron chi connectivity index (χ1n) is 11.0. The summed E-state index contributed by atoms with van der Waals surface area (Å²) < 4.78 is 0. The van der Waals surface area contributed by atoms with Crippen molar-refractivity contribution in [2.45, 2.75) is 32.0 Å². The van der Waals surface area contributed by atoms with Gasteiger partial charge in [0.1, 0.15) is 11.9 Å². The van der Waals surface area contributed by atoms with E-state index in [1.165, 1.54) is 0 Å². The number of anilines is 2. The zero-order valence-electron chi connectivity index (χ0n) is 17.8. The van der Waals surface area contributed by atoms with Crippen LogP contribution in [0.1, 0.15) is 34.3 Å².